The third-order valence-electron chi connectivity index (χ3n) is 2.81. The van der Waals surface area contributed by atoms with Crippen molar-refractivity contribution in [3.05, 3.63) is 36.2 Å². The van der Waals surface area contributed by atoms with Gasteiger partial charge in [-0.1, -0.05) is 17.3 Å². The molecule has 0 fully saturated rings. The second-order valence-electron chi connectivity index (χ2n) is 4.93. The van der Waals surface area contributed by atoms with Crippen LogP contribution in [0.4, 0.5) is 0 Å². The van der Waals surface area contributed by atoms with Crippen LogP contribution in [-0.2, 0) is 12.1 Å². The zero-order chi connectivity index (χ0) is 14.6. The van der Waals surface area contributed by atoms with Crippen LogP contribution in [0, 0.1) is 0 Å². The summed E-state index contributed by atoms with van der Waals surface area (Å²) in [6.45, 7) is 4.33. The molecule has 20 heavy (non-hydrogen) atoms. The van der Waals surface area contributed by atoms with E-state index < -0.39 is 5.60 Å². The molecule has 1 aromatic heterocycles. The molecule has 1 N–H and O–H groups in total. The fourth-order valence-corrected chi connectivity index (χ4v) is 1.68. The molecule has 1 heterocycles. The molecule has 1 aromatic carbocycles. The van der Waals surface area contributed by atoms with Gasteiger partial charge in [0.25, 0.3) is 0 Å². The predicted molar refractivity (Wildman–Crippen MR) is 73.8 cm³/mol. The van der Waals surface area contributed by atoms with Gasteiger partial charge in [-0.15, -0.1) is 5.10 Å². The number of aliphatic hydroxyl groups is 1. The highest BCUT2D eigenvalue weighted by atomic mass is 16.5. The van der Waals surface area contributed by atoms with Gasteiger partial charge in [-0.3, -0.25) is 0 Å². The van der Waals surface area contributed by atoms with E-state index in [4.69, 9.17) is 9.47 Å². The van der Waals surface area contributed by atoms with Gasteiger partial charge < -0.3 is 14.6 Å². The molecule has 2 rings (SSSR count). The molecule has 0 bridgehead atoms. The molecular formula is C14H19N3O3. The van der Waals surface area contributed by atoms with E-state index in [9.17, 15) is 5.11 Å². The largest absolute Gasteiger partial charge is 0.493 e. The van der Waals surface area contributed by atoms with E-state index in [0.717, 1.165) is 0 Å². The van der Waals surface area contributed by atoms with Crippen LogP contribution in [-0.4, -0.2) is 33.8 Å². The van der Waals surface area contributed by atoms with Crippen LogP contribution in [0.25, 0.3) is 0 Å². The lowest BCUT2D eigenvalue weighted by molar-refractivity contribution is 0.0737. The minimum absolute atomic E-state index is 0.440. The highest BCUT2D eigenvalue weighted by molar-refractivity contribution is 5.39. The van der Waals surface area contributed by atoms with Gasteiger partial charge in [0.05, 0.1) is 19.9 Å². The van der Waals surface area contributed by atoms with Crippen molar-refractivity contribution in [1.82, 2.24) is 15.0 Å². The quantitative estimate of drug-likeness (QED) is 0.868. The van der Waals surface area contributed by atoms with Crippen LogP contribution in [0.3, 0.4) is 0 Å². The summed E-state index contributed by atoms with van der Waals surface area (Å²) in [5.74, 6) is 1.39. The van der Waals surface area contributed by atoms with Gasteiger partial charge in [0.1, 0.15) is 17.9 Å². The molecular weight excluding hydrogens is 258 g/mol. The normalized spacial score (nSPS) is 11.4. The topological polar surface area (TPSA) is 69.4 Å². The Labute approximate surface area is 117 Å². The molecule has 0 unspecified atom stereocenters. The van der Waals surface area contributed by atoms with Crippen molar-refractivity contribution in [3.8, 4) is 11.5 Å². The predicted octanol–water partition coefficient (Wildman–Crippen LogP) is 1.59. The number of ether oxygens (including phenoxy) is 2. The lowest BCUT2D eigenvalue weighted by Crippen LogP contribution is -2.16. The van der Waals surface area contributed by atoms with Crippen LogP contribution in [0.15, 0.2) is 30.5 Å². The van der Waals surface area contributed by atoms with Crippen molar-refractivity contribution in [2.24, 2.45) is 0 Å². The number of hydrogen-bond acceptors (Lipinski definition) is 5. The van der Waals surface area contributed by atoms with E-state index in [1.807, 2.05) is 24.3 Å². The zero-order valence-corrected chi connectivity index (χ0v) is 11.9. The second-order valence-corrected chi connectivity index (χ2v) is 4.93. The first-order valence-electron chi connectivity index (χ1n) is 6.39. The lowest BCUT2D eigenvalue weighted by atomic mass is 10.1. The van der Waals surface area contributed by atoms with Gasteiger partial charge in [0.2, 0.25) is 0 Å². The summed E-state index contributed by atoms with van der Waals surface area (Å²) in [5, 5.41) is 17.7. The van der Waals surface area contributed by atoms with E-state index in [1.165, 1.54) is 0 Å². The SMILES string of the molecule is COc1ccccc1OCCn1cc(C(C)(C)O)nn1. The summed E-state index contributed by atoms with van der Waals surface area (Å²) < 4.78 is 12.5. The molecule has 6 heteroatoms. The maximum Gasteiger partial charge on any atom is 0.161 e. The highest BCUT2D eigenvalue weighted by Crippen LogP contribution is 2.25. The average molecular weight is 277 g/mol. The minimum Gasteiger partial charge on any atom is -0.493 e. The van der Waals surface area contributed by atoms with E-state index in [-0.39, 0.29) is 0 Å². The Bertz CT molecular complexity index is 561. The number of nitrogens with zero attached hydrogens (tertiary/aromatic N) is 3. The Kier molecular flexibility index (Phi) is 4.24. The fourth-order valence-electron chi connectivity index (χ4n) is 1.68. The van der Waals surface area contributed by atoms with Crippen LogP contribution >= 0.6 is 0 Å². The van der Waals surface area contributed by atoms with E-state index in [1.54, 1.807) is 31.8 Å². The maximum atomic E-state index is 9.81. The summed E-state index contributed by atoms with van der Waals surface area (Å²) in [5.41, 5.74) is -0.448. The maximum absolute atomic E-state index is 9.81. The van der Waals surface area contributed by atoms with Crippen molar-refractivity contribution >= 4 is 0 Å². The first-order valence-corrected chi connectivity index (χ1v) is 6.39. The first-order chi connectivity index (χ1) is 9.50. The molecule has 0 spiro atoms. The molecule has 0 aliphatic heterocycles. The molecule has 2 aromatic rings. The summed E-state index contributed by atoms with van der Waals surface area (Å²) in [7, 11) is 1.61. The zero-order valence-electron chi connectivity index (χ0n) is 11.9. The first kappa shape index (κ1) is 14.3. The Morgan fingerprint density at radius 2 is 1.95 bits per heavy atom. The van der Waals surface area contributed by atoms with Crippen molar-refractivity contribution in [1.29, 1.82) is 0 Å². The van der Waals surface area contributed by atoms with Crippen LogP contribution in [0.5, 0.6) is 11.5 Å². The Morgan fingerprint density at radius 3 is 2.55 bits per heavy atom. The molecule has 0 saturated heterocycles. The van der Waals surface area contributed by atoms with E-state index in [2.05, 4.69) is 10.3 Å². The van der Waals surface area contributed by atoms with Crippen molar-refractivity contribution in [2.75, 3.05) is 13.7 Å². The molecule has 0 aliphatic rings. The van der Waals surface area contributed by atoms with Crippen molar-refractivity contribution in [3.63, 3.8) is 0 Å². The smallest absolute Gasteiger partial charge is 0.161 e. The summed E-state index contributed by atoms with van der Waals surface area (Å²) in [6, 6.07) is 7.47. The Hall–Kier alpha value is -2.08. The Balaban J connectivity index is 1.91. The van der Waals surface area contributed by atoms with Gasteiger partial charge in [-0.05, 0) is 26.0 Å². The number of methoxy groups -OCH3 is 1. The highest BCUT2D eigenvalue weighted by Gasteiger charge is 2.19. The van der Waals surface area contributed by atoms with Crippen molar-refractivity contribution < 1.29 is 14.6 Å². The third-order valence-corrected chi connectivity index (χ3v) is 2.81. The molecule has 108 valence electrons. The molecule has 0 aliphatic carbocycles. The number of para-hydroxylation sites is 2. The van der Waals surface area contributed by atoms with Gasteiger partial charge in [-0.25, -0.2) is 4.68 Å². The number of benzene rings is 1. The summed E-state index contributed by atoms with van der Waals surface area (Å²) in [4.78, 5) is 0. The second kappa shape index (κ2) is 5.92. The lowest BCUT2D eigenvalue weighted by Gasteiger charge is -2.12. The average Bonchev–Trinajstić information content (AvgIpc) is 2.88. The summed E-state index contributed by atoms with van der Waals surface area (Å²) in [6.07, 6.45) is 1.71. The van der Waals surface area contributed by atoms with Crippen LogP contribution < -0.4 is 9.47 Å². The molecule has 0 radical (unpaired) electrons. The van der Waals surface area contributed by atoms with Crippen LogP contribution in [0.1, 0.15) is 19.5 Å². The standard InChI is InChI=1S/C14H19N3O3/c1-14(2,18)13-10-17(16-15-13)8-9-20-12-7-5-4-6-11(12)19-3/h4-7,10,18H,8-9H2,1-3H3. The molecule has 0 amide bonds. The molecule has 6 nitrogen and oxygen atoms in total. The Morgan fingerprint density at radius 1 is 1.25 bits per heavy atom. The van der Waals surface area contributed by atoms with Crippen LogP contribution in [0.2, 0.25) is 0 Å². The van der Waals surface area contributed by atoms with Gasteiger partial charge >= 0.3 is 0 Å². The fraction of sp³-hybridized carbons (Fsp3) is 0.429. The van der Waals surface area contributed by atoms with Gasteiger partial charge in [0.15, 0.2) is 11.5 Å². The van der Waals surface area contributed by atoms with Crippen molar-refractivity contribution in [2.45, 2.75) is 26.0 Å². The molecule has 0 saturated carbocycles. The van der Waals surface area contributed by atoms with E-state index in [0.29, 0.717) is 30.3 Å². The number of rotatable bonds is 6. The number of aromatic nitrogens is 3. The number of hydrogen-bond donors (Lipinski definition) is 1. The summed E-state index contributed by atoms with van der Waals surface area (Å²) >= 11 is 0. The minimum atomic E-state index is -0.984. The molecule has 0 atom stereocenters. The third kappa shape index (κ3) is 3.48. The van der Waals surface area contributed by atoms with Gasteiger partial charge in [0, 0.05) is 0 Å². The van der Waals surface area contributed by atoms with E-state index >= 15 is 0 Å². The van der Waals surface area contributed by atoms with Gasteiger partial charge in [-0.2, -0.15) is 0 Å². The monoisotopic (exact) mass is 277 g/mol.